The molecule has 0 aromatic heterocycles. The molecule has 0 bridgehead atoms. The fourth-order valence-corrected chi connectivity index (χ4v) is 2.81. The number of rotatable bonds is 5. The van der Waals surface area contributed by atoms with E-state index in [-0.39, 0.29) is 17.9 Å². The molecule has 1 aromatic carbocycles. The summed E-state index contributed by atoms with van der Waals surface area (Å²) in [6, 6.07) is 10.4. The third kappa shape index (κ3) is 4.05. The molecule has 1 aliphatic heterocycles. The van der Waals surface area contributed by atoms with Crippen LogP contribution in [-0.4, -0.2) is 47.9 Å². The van der Waals surface area contributed by atoms with Crippen LogP contribution < -0.4 is 5.73 Å². The van der Waals surface area contributed by atoms with E-state index in [1.165, 1.54) is 5.56 Å². The second-order valence-corrected chi connectivity index (χ2v) is 6.38. The van der Waals surface area contributed by atoms with Gasteiger partial charge < -0.3 is 10.6 Å². The summed E-state index contributed by atoms with van der Waals surface area (Å²) in [4.78, 5) is 16.6. The molecule has 2 atom stereocenters. The van der Waals surface area contributed by atoms with Crippen LogP contribution in [0.25, 0.3) is 0 Å². The van der Waals surface area contributed by atoms with Gasteiger partial charge in [0.05, 0.1) is 6.04 Å². The fraction of sp³-hybridized carbons (Fsp3) is 0.588. The van der Waals surface area contributed by atoms with Crippen LogP contribution in [0.1, 0.15) is 25.8 Å². The van der Waals surface area contributed by atoms with Gasteiger partial charge in [0, 0.05) is 32.7 Å². The van der Waals surface area contributed by atoms with E-state index in [0.717, 1.165) is 26.1 Å². The van der Waals surface area contributed by atoms with Gasteiger partial charge in [-0.3, -0.25) is 9.69 Å². The largest absolute Gasteiger partial charge is 0.340 e. The molecule has 0 spiro atoms. The van der Waals surface area contributed by atoms with Crippen LogP contribution >= 0.6 is 0 Å². The first-order chi connectivity index (χ1) is 9.99. The Morgan fingerprint density at radius 2 is 2.05 bits per heavy atom. The Kier molecular flexibility index (Phi) is 5.37. The molecule has 0 radical (unpaired) electrons. The maximum absolute atomic E-state index is 12.3. The molecule has 2 N–H and O–H groups in total. The van der Waals surface area contributed by atoms with Gasteiger partial charge in [-0.15, -0.1) is 0 Å². The highest BCUT2D eigenvalue weighted by Crippen LogP contribution is 2.18. The summed E-state index contributed by atoms with van der Waals surface area (Å²) in [5.41, 5.74) is 7.31. The van der Waals surface area contributed by atoms with Crippen LogP contribution in [0.15, 0.2) is 30.3 Å². The zero-order valence-electron chi connectivity index (χ0n) is 13.3. The Morgan fingerprint density at radius 1 is 1.38 bits per heavy atom. The highest BCUT2D eigenvalue weighted by Gasteiger charge is 2.31. The summed E-state index contributed by atoms with van der Waals surface area (Å²) < 4.78 is 0. The fourth-order valence-electron chi connectivity index (χ4n) is 2.81. The van der Waals surface area contributed by atoms with Gasteiger partial charge in [0.25, 0.3) is 0 Å². The summed E-state index contributed by atoms with van der Waals surface area (Å²) in [7, 11) is 1.89. The molecule has 21 heavy (non-hydrogen) atoms. The van der Waals surface area contributed by atoms with Crippen molar-refractivity contribution in [3.63, 3.8) is 0 Å². The molecule has 0 aliphatic carbocycles. The monoisotopic (exact) mass is 289 g/mol. The number of nitrogens with two attached hydrogens (primary N) is 1. The van der Waals surface area contributed by atoms with Crippen LogP contribution in [0.5, 0.6) is 0 Å². The van der Waals surface area contributed by atoms with Crippen molar-refractivity contribution in [3.8, 4) is 0 Å². The minimum absolute atomic E-state index is 0.0663. The van der Waals surface area contributed by atoms with E-state index in [1.54, 1.807) is 0 Å². The lowest BCUT2D eigenvalue weighted by molar-refractivity contribution is -0.134. The molecule has 2 rings (SSSR count). The van der Waals surface area contributed by atoms with Crippen molar-refractivity contribution < 1.29 is 4.79 Å². The Morgan fingerprint density at radius 3 is 2.67 bits per heavy atom. The molecule has 1 fully saturated rings. The number of likely N-dealkylation sites (tertiary alicyclic amines) is 1. The molecule has 1 saturated heterocycles. The van der Waals surface area contributed by atoms with Gasteiger partial charge in [-0.2, -0.15) is 0 Å². The molecule has 4 heteroatoms. The Balaban J connectivity index is 1.88. The van der Waals surface area contributed by atoms with E-state index < -0.39 is 6.04 Å². The van der Waals surface area contributed by atoms with Gasteiger partial charge in [-0.1, -0.05) is 44.2 Å². The number of hydrogen-bond acceptors (Lipinski definition) is 3. The molecule has 1 unspecified atom stereocenters. The van der Waals surface area contributed by atoms with Crippen molar-refractivity contribution in [2.24, 2.45) is 11.7 Å². The van der Waals surface area contributed by atoms with Gasteiger partial charge in [0.1, 0.15) is 0 Å². The first-order valence-electron chi connectivity index (χ1n) is 7.77. The molecule has 4 nitrogen and oxygen atoms in total. The third-order valence-corrected chi connectivity index (χ3v) is 4.40. The lowest BCUT2D eigenvalue weighted by Gasteiger charge is -2.29. The zero-order valence-corrected chi connectivity index (χ0v) is 13.3. The van der Waals surface area contributed by atoms with Gasteiger partial charge in [-0.25, -0.2) is 0 Å². The molecule has 116 valence electrons. The standard InChI is InChI=1S/C17H27N3O/c1-13(2)16(18)17(21)19(3)15-9-10-20(12-15)11-14-7-5-4-6-8-14/h4-8,13,15-16H,9-12,18H2,1-3H3/t15?,16-/m0/s1. The Labute approximate surface area is 127 Å². The van der Waals surface area contributed by atoms with Crippen LogP contribution in [0.2, 0.25) is 0 Å². The van der Waals surface area contributed by atoms with Gasteiger partial charge >= 0.3 is 0 Å². The first-order valence-corrected chi connectivity index (χ1v) is 7.77. The third-order valence-electron chi connectivity index (χ3n) is 4.40. The quantitative estimate of drug-likeness (QED) is 0.897. The topological polar surface area (TPSA) is 49.6 Å². The van der Waals surface area contributed by atoms with E-state index in [4.69, 9.17) is 5.73 Å². The number of benzene rings is 1. The van der Waals surface area contributed by atoms with Crippen LogP contribution in [0, 0.1) is 5.92 Å². The average Bonchev–Trinajstić information content (AvgIpc) is 2.94. The minimum Gasteiger partial charge on any atom is -0.340 e. The maximum atomic E-state index is 12.3. The van der Waals surface area contributed by atoms with Crippen molar-refractivity contribution in [2.45, 2.75) is 38.9 Å². The number of amides is 1. The van der Waals surface area contributed by atoms with E-state index in [9.17, 15) is 4.79 Å². The average molecular weight is 289 g/mol. The van der Waals surface area contributed by atoms with Crippen molar-refractivity contribution in [1.29, 1.82) is 0 Å². The minimum atomic E-state index is -0.391. The summed E-state index contributed by atoms with van der Waals surface area (Å²) in [6.07, 6.45) is 1.03. The summed E-state index contributed by atoms with van der Waals surface area (Å²) >= 11 is 0. The van der Waals surface area contributed by atoms with E-state index in [0.29, 0.717) is 0 Å². The Hall–Kier alpha value is -1.39. The molecular formula is C17H27N3O. The van der Waals surface area contributed by atoms with Crippen LogP contribution in [-0.2, 0) is 11.3 Å². The van der Waals surface area contributed by atoms with Crippen molar-refractivity contribution in [3.05, 3.63) is 35.9 Å². The summed E-state index contributed by atoms with van der Waals surface area (Å²) in [6.45, 7) is 6.91. The number of carbonyl (C=O) groups excluding carboxylic acids is 1. The van der Waals surface area contributed by atoms with Crippen LogP contribution in [0.4, 0.5) is 0 Å². The highest BCUT2D eigenvalue weighted by molar-refractivity contribution is 5.82. The van der Waals surface area contributed by atoms with Crippen molar-refractivity contribution in [2.75, 3.05) is 20.1 Å². The lowest BCUT2D eigenvalue weighted by Crippen LogP contribution is -2.49. The van der Waals surface area contributed by atoms with Gasteiger partial charge in [0.15, 0.2) is 0 Å². The predicted molar refractivity (Wildman–Crippen MR) is 85.7 cm³/mol. The zero-order chi connectivity index (χ0) is 15.4. The number of nitrogens with zero attached hydrogens (tertiary/aromatic N) is 2. The SMILES string of the molecule is CC(C)[C@H](N)C(=O)N(C)C1CCN(Cc2ccccc2)C1. The molecular weight excluding hydrogens is 262 g/mol. The molecule has 0 saturated carbocycles. The second kappa shape index (κ2) is 7.05. The highest BCUT2D eigenvalue weighted by atomic mass is 16.2. The number of likely N-dealkylation sites (N-methyl/N-ethyl adjacent to an activating group) is 1. The molecule has 1 amide bonds. The lowest BCUT2D eigenvalue weighted by atomic mass is 10.0. The smallest absolute Gasteiger partial charge is 0.239 e. The van der Waals surface area contributed by atoms with E-state index in [1.807, 2.05) is 31.9 Å². The number of hydrogen-bond donors (Lipinski definition) is 1. The normalized spacial score (nSPS) is 20.7. The maximum Gasteiger partial charge on any atom is 0.239 e. The Bertz CT molecular complexity index is 460. The number of carbonyl (C=O) groups is 1. The van der Waals surface area contributed by atoms with E-state index >= 15 is 0 Å². The summed E-state index contributed by atoms with van der Waals surface area (Å²) in [5, 5.41) is 0. The predicted octanol–water partition coefficient (Wildman–Crippen LogP) is 1.70. The van der Waals surface area contributed by atoms with E-state index in [2.05, 4.69) is 29.2 Å². The van der Waals surface area contributed by atoms with Crippen molar-refractivity contribution >= 4 is 5.91 Å². The summed E-state index contributed by atoms with van der Waals surface area (Å²) in [5.74, 6) is 0.248. The second-order valence-electron chi connectivity index (χ2n) is 6.38. The molecule has 1 aromatic rings. The van der Waals surface area contributed by atoms with Crippen LogP contribution in [0.3, 0.4) is 0 Å². The molecule has 1 heterocycles. The first kappa shape index (κ1) is 16.0. The van der Waals surface area contributed by atoms with Gasteiger partial charge in [0.2, 0.25) is 5.91 Å². The molecule has 1 aliphatic rings. The van der Waals surface area contributed by atoms with Gasteiger partial charge in [-0.05, 0) is 17.9 Å². The van der Waals surface area contributed by atoms with Crippen molar-refractivity contribution in [1.82, 2.24) is 9.80 Å².